The lowest BCUT2D eigenvalue weighted by atomic mass is 9.80. The van der Waals surface area contributed by atoms with E-state index < -0.39 is 0 Å². The van der Waals surface area contributed by atoms with Gasteiger partial charge >= 0.3 is 0 Å². The molecule has 0 N–H and O–H groups in total. The van der Waals surface area contributed by atoms with Gasteiger partial charge in [0.15, 0.2) is 23.1 Å². The van der Waals surface area contributed by atoms with Crippen LogP contribution in [0, 0.1) is 29.4 Å². The van der Waals surface area contributed by atoms with Gasteiger partial charge in [-0.15, -0.1) is 11.3 Å². The van der Waals surface area contributed by atoms with Crippen molar-refractivity contribution >= 4 is 31.5 Å². The van der Waals surface area contributed by atoms with E-state index in [2.05, 4.69) is 6.92 Å². The Kier molecular flexibility index (Phi) is 7.58. The monoisotopic (exact) mass is 486 g/mol. The lowest BCUT2D eigenvalue weighted by Gasteiger charge is -2.28. The van der Waals surface area contributed by atoms with Gasteiger partial charge in [-0.3, -0.25) is 0 Å². The molecular weight excluding hydrogens is 450 g/mol. The third kappa shape index (κ3) is 5.35. The first-order chi connectivity index (χ1) is 16.6. The van der Waals surface area contributed by atoms with Crippen LogP contribution in [0.15, 0.2) is 24.3 Å². The fraction of sp³-hybridized carbons (Fsp3) is 0.586. The normalized spacial score (nSPS) is 20.8. The number of rotatable bonds is 11. The summed E-state index contributed by atoms with van der Waals surface area (Å²) in [6.45, 7) is 3.22. The fourth-order valence-corrected chi connectivity index (χ4v) is 6.56. The number of ether oxygens (including phenoxy) is 2. The van der Waals surface area contributed by atoms with E-state index in [9.17, 15) is 0 Å². The second-order valence-electron chi connectivity index (χ2n) is 10.4. The maximum absolute atomic E-state index is 15.4. The molecule has 0 atom stereocenters. The highest BCUT2D eigenvalue weighted by Crippen LogP contribution is 2.43. The molecule has 0 saturated heterocycles. The van der Waals surface area contributed by atoms with Gasteiger partial charge in [-0.25, -0.2) is 8.78 Å². The molecule has 0 amide bonds. The molecule has 2 saturated carbocycles. The van der Waals surface area contributed by atoms with Crippen molar-refractivity contribution in [3.05, 3.63) is 35.9 Å². The second kappa shape index (κ2) is 10.8. The highest BCUT2D eigenvalue weighted by molar-refractivity contribution is 7.25. The molecule has 0 unspecified atom stereocenters. The van der Waals surface area contributed by atoms with Crippen LogP contribution in [0.4, 0.5) is 8.78 Å². The summed E-state index contributed by atoms with van der Waals surface area (Å²) in [5.74, 6) is 2.16. The topological polar surface area (TPSA) is 18.5 Å². The first kappa shape index (κ1) is 23.8. The Bertz CT molecular complexity index is 1110. The van der Waals surface area contributed by atoms with Crippen LogP contribution < -0.4 is 9.47 Å². The van der Waals surface area contributed by atoms with Crippen LogP contribution in [0.5, 0.6) is 11.5 Å². The molecule has 0 bridgehead atoms. The van der Waals surface area contributed by atoms with Gasteiger partial charge < -0.3 is 9.47 Å². The minimum Gasteiger partial charge on any atom is -0.490 e. The van der Waals surface area contributed by atoms with Crippen molar-refractivity contribution in [2.24, 2.45) is 17.8 Å². The standard InChI is InChI=1S/C29H36F2O2S/c1-2-3-4-5-16-32-24-14-12-22-23-13-15-25(27(31)29(23)34-28(22)26(24)30)33-18-21-10-8-20(9-11-21)17-19-6-7-19/h12-15,19-21H,2-11,16-18H2,1H3. The van der Waals surface area contributed by atoms with E-state index in [0.29, 0.717) is 28.5 Å². The summed E-state index contributed by atoms with van der Waals surface area (Å²) in [5.41, 5.74) is 0. The zero-order valence-corrected chi connectivity index (χ0v) is 21.0. The molecule has 1 aromatic heterocycles. The lowest BCUT2D eigenvalue weighted by Crippen LogP contribution is -2.20. The minimum atomic E-state index is -0.390. The van der Waals surface area contributed by atoms with Crippen molar-refractivity contribution in [1.29, 1.82) is 0 Å². The number of halogens is 2. The highest BCUT2D eigenvalue weighted by atomic mass is 32.1. The predicted molar refractivity (Wildman–Crippen MR) is 137 cm³/mol. The summed E-state index contributed by atoms with van der Waals surface area (Å²) in [7, 11) is 0. The van der Waals surface area contributed by atoms with E-state index in [1.807, 2.05) is 12.1 Å². The zero-order valence-electron chi connectivity index (χ0n) is 20.2. The molecule has 184 valence electrons. The van der Waals surface area contributed by atoms with Crippen LogP contribution in [0.2, 0.25) is 0 Å². The molecule has 34 heavy (non-hydrogen) atoms. The molecule has 2 fully saturated rings. The molecular formula is C29H36F2O2S. The zero-order chi connectivity index (χ0) is 23.5. The Hall–Kier alpha value is -1.88. The molecule has 2 aliphatic rings. The Labute approximate surface area is 205 Å². The molecule has 0 radical (unpaired) electrons. The molecule has 5 rings (SSSR count). The van der Waals surface area contributed by atoms with Crippen LogP contribution in [0.1, 0.15) is 77.6 Å². The number of fused-ring (bicyclic) bond motifs is 3. The molecule has 2 aromatic carbocycles. The smallest absolute Gasteiger partial charge is 0.182 e. The average molecular weight is 487 g/mol. The van der Waals surface area contributed by atoms with Crippen molar-refractivity contribution in [3.63, 3.8) is 0 Å². The Morgan fingerprint density at radius 1 is 0.735 bits per heavy atom. The fourth-order valence-electron chi connectivity index (χ4n) is 5.40. The first-order valence-electron chi connectivity index (χ1n) is 13.2. The van der Waals surface area contributed by atoms with Crippen LogP contribution in [0.25, 0.3) is 20.2 Å². The molecule has 3 aromatic rings. The number of unbranched alkanes of at least 4 members (excludes halogenated alkanes) is 3. The van der Waals surface area contributed by atoms with E-state index in [4.69, 9.17) is 9.47 Å². The van der Waals surface area contributed by atoms with Gasteiger partial charge in [-0.1, -0.05) is 51.9 Å². The maximum Gasteiger partial charge on any atom is 0.182 e. The van der Waals surface area contributed by atoms with Crippen LogP contribution >= 0.6 is 11.3 Å². The van der Waals surface area contributed by atoms with E-state index in [-0.39, 0.29) is 23.1 Å². The molecule has 1 heterocycles. The van der Waals surface area contributed by atoms with Gasteiger partial charge in [0.1, 0.15) is 0 Å². The number of hydrogen-bond acceptors (Lipinski definition) is 3. The van der Waals surface area contributed by atoms with Crippen LogP contribution in [-0.2, 0) is 0 Å². The van der Waals surface area contributed by atoms with Gasteiger partial charge in [0.25, 0.3) is 0 Å². The third-order valence-electron chi connectivity index (χ3n) is 7.68. The molecule has 0 aliphatic heterocycles. The predicted octanol–water partition coefficient (Wildman–Crippen LogP) is 9.28. The quantitative estimate of drug-likeness (QED) is 0.251. The summed E-state index contributed by atoms with van der Waals surface area (Å²) in [6, 6.07) is 7.09. The Balaban J connectivity index is 1.24. The first-order valence-corrected chi connectivity index (χ1v) is 14.0. The van der Waals surface area contributed by atoms with Gasteiger partial charge in [0.2, 0.25) is 0 Å². The summed E-state index contributed by atoms with van der Waals surface area (Å²) >= 11 is 1.15. The van der Waals surface area contributed by atoms with E-state index in [1.165, 1.54) is 44.9 Å². The number of benzene rings is 2. The largest absolute Gasteiger partial charge is 0.490 e. The summed E-state index contributed by atoms with van der Waals surface area (Å²) in [4.78, 5) is 0. The Morgan fingerprint density at radius 2 is 1.29 bits per heavy atom. The number of thiophene rings is 1. The summed E-state index contributed by atoms with van der Waals surface area (Å²) in [5, 5.41) is 1.47. The van der Waals surface area contributed by atoms with Crippen LogP contribution in [0.3, 0.4) is 0 Å². The van der Waals surface area contributed by atoms with Gasteiger partial charge in [0, 0.05) is 10.8 Å². The van der Waals surface area contributed by atoms with Crippen molar-refractivity contribution in [2.45, 2.75) is 77.6 Å². The van der Waals surface area contributed by atoms with Gasteiger partial charge in [-0.05, 0) is 67.7 Å². The lowest BCUT2D eigenvalue weighted by molar-refractivity contribution is 0.173. The third-order valence-corrected chi connectivity index (χ3v) is 8.88. The van der Waals surface area contributed by atoms with Crippen molar-refractivity contribution in [3.8, 4) is 11.5 Å². The summed E-state index contributed by atoms with van der Waals surface area (Å²) in [6.07, 6.45) is 13.5. The second-order valence-corrected chi connectivity index (χ2v) is 11.4. The van der Waals surface area contributed by atoms with E-state index in [1.54, 1.807) is 12.1 Å². The molecule has 5 heteroatoms. The van der Waals surface area contributed by atoms with Crippen molar-refractivity contribution in [1.82, 2.24) is 0 Å². The van der Waals surface area contributed by atoms with Gasteiger partial charge in [-0.2, -0.15) is 0 Å². The van der Waals surface area contributed by atoms with E-state index in [0.717, 1.165) is 59.6 Å². The minimum absolute atomic E-state index is 0.254. The van der Waals surface area contributed by atoms with Crippen molar-refractivity contribution < 1.29 is 18.3 Å². The number of hydrogen-bond donors (Lipinski definition) is 0. The average Bonchev–Trinajstić information content (AvgIpc) is 3.58. The van der Waals surface area contributed by atoms with Crippen molar-refractivity contribution in [2.75, 3.05) is 13.2 Å². The SMILES string of the molecule is CCCCCCOc1ccc2c(sc3c(F)c(OCC4CCC(CC5CC5)CC4)ccc32)c1F. The van der Waals surface area contributed by atoms with E-state index >= 15 is 8.78 Å². The maximum atomic E-state index is 15.4. The summed E-state index contributed by atoms with van der Waals surface area (Å²) < 4.78 is 43.1. The molecule has 2 aliphatic carbocycles. The van der Waals surface area contributed by atoms with Crippen LogP contribution in [-0.4, -0.2) is 13.2 Å². The Morgan fingerprint density at radius 3 is 1.88 bits per heavy atom. The highest BCUT2D eigenvalue weighted by Gasteiger charge is 2.29. The van der Waals surface area contributed by atoms with Gasteiger partial charge in [0.05, 0.1) is 22.6 Å². The molecule has 0 spiro atoms. The molecule has 2 nitrogen and oxygen atoms in total.